The predicted octanol–water partition coefficient (Wildman–Crippen LogP) is 4.70. The van der Waals surface area contributed by atoms with Gasteiger partial charge in [0, 0.05) is 36.4 Å². The number of rotatable bonds is 7. The summed E-state index contributed by atoms with van der Waals surface area (Å²) in [5.41, 5.74) is -2.96. The monoisotopic (exact) mass is 539 g/mol. The molecule has 2 aromatic heterocycles. The van der Waals surface area contributed by atoms with Crippen LogP contribution in [-0.4, -0.2) is 62.1 Å². The van der Waals surface area contributed by atoms with E-state index in [0.717, 1.165) is 44.4 Å². The fourth-order valence-electron chi connectivity index (χ4n) is 4.57. The van der Waals surface area contributed by atoms with Crippen LogP contribution < -0.4 is 10.6 Å². The minimum atomic E-state index is -4.73. The zero-order chi connectivity index (χ0) is 27.2. The Kier molecular flexibility index (Phi) is 7.28. The van der Waals surface area contributed by atoms with Gasteiger partial charge in [0.1, 0.15) is 11.5 Å². The zero-order valence-electron chi connectivity index (χ0n) is 21.3. The fraction of sp³-hybridized carbons (Fsp3) is 0.600. The second-order valence-corrected chi connectivity index (χ2v) is 11.8. The normalized spacial score (nSPS) is 19.5. The summed E-state index contributed by atoms with van der Waals surface area (Å²) >= 11 is 0.712. The Bertz CT molecular complexity index is 1190. The van der Waals surface area contributed by atoms with E-state index in [0.29, 0.717) is 17.9 Å². The summed E-state index contributed by atoms with van der Waals surface area (Å²) in [5, 5.41) is 15.4. The van der Waals surface area contributed by atoms with E-state index in [9.17, 15) is 27.9 Å². The van der Waals surface area contributed by atoms with Crippen molar-refractivity contribution < 1.29 is 27.9 Å². The smallest absolute Gasteiger partial charge is 0.389 e. The maximum absolute atomic E-state index is 14.3. The first-order chi connectivity index (χ1) is 17.2. The van der Waals surface area contributed by atoms with Crippen molar-refractivity contribution in [2.45, 2.75) is 83.2 Å². The second-order valence-electron chi connectivity index (χ2n) is 10.8. The van der Waals surface area contributed by atoms with Gasteiger partial charge in [-0.05, 0) is 65.9 Å². The molecule has 1 unspecified atom stereocenters. The van der Waals surface area contributed by atoms with Crippen LogP contribution in [0.15, 0.2) is 12.3 Å². The maximum atomic E-state index is 14.3. The van der Waals surface area contributed by atoms with Crippen molar-refractivity contribution in [3.63, 3.8) is 0 Å². The number of carbonyl (C=O) groups is 2. The number of hydrogen-bond acceptors (Lipinski definition) is 7. The van der Waals surface area contributed by atoms with Gasteiger partial charge in [0.25, 0.3) is 11.8 Å². The first-order valence-electron chi connectivity index (χ1n) is 12.3. The molecular weight excluding hydrogens is 507 g/mol. The summed E-state index contributed by atoms with van der Waals surface area (Å²) < 4.78 is 42.8. The highest BCUT2D eigenvalue weighted by atomic mass is 32.1. The molecule has 2 fully saturated rings. The molecule has 3 heterocycles. The molecule has 1 aliphatic heterocycles. The van der Waals surface area contributed by atoms with E-state index in [4.69, 9.17) is 0 Å². The predicted molar refractivity (Wildman–Crippen MR) is 135 cm³/mol. The van der Waals surface area contributed by atoms with Crippen LogP contribution >= 0.6 is 11.3 Å². The van der Waals surface area contributed by atoms with E-state index in [1.54, 1.807) is 4.90 Å². The van der Waals surface area contributed by atoms with E-state index < -0.39 is 29.2 Å². The number of alkyl halides is 3. The number of hydrogen-bond donors (Lipinski definition) is 3. The summed E-state index contributed by atoms with van der Waals surface area (Å²) in [4.78, 5) is 36.2. The number of aromatic nitrogens is 2. The Morgan fingerprint density at radius 3 is 2.51 bits per heavy atom. The standard InChI is InChI=1S/C25H32F3N5O3S/c1-14-7-5-10-33(14)22(35)18-19(37-21(31-18)20(34)30-13-23(2,3)36)15-12-29-17(11-16(15)25(26,27)28)32-24(4)8-6-9-24/h11-12,14,36H,5-10,13H2,1-4H3,(H,29,32)(H,30,34). The first-order valence-corrected chi connectivity index (χ1v) is 13.2. The molecule has 1 saturated heterocycles. The van der Waals surface area contributed by atoms with Gasteiger partial charge in [-0.25, -0.2) is 9.97 Å². The van der Waals surface area contributed by atoms with Gasteiger partial charge in [-0.3, -0.25) is 9.59 Å². The van der Waals surface area contributed by atoms with Gasteiger partial charge in [0.05, 0.1) is 16.0 Å². The van der Waals surface area contributed by atoms with E-state index in [-0.39, 0.29) is 45.1 Å². The molecule has 8 nitrogen and oxygen atoms in total. The van der Waals surface area contributed by atoms with Crippen LogP contribution in [0.2, 0.25) is 0 Å². The number of aliphatic hydroxyl groups is 1. The number of nitrogens with one attached hydrogen (secondary N) is 2. The number of nitrogens with zero attached hydrogens (tertiary/aromatic N) is 3. The van der Waals surface area contributed by atoms with Crippen LogP contribution in [0.25, 0.3) is 10.4 Å². The molecule has 202 valence electrons. The molecule has 1 atom stereocenters. The van der Waals surface area contributed by atoms with Crippen molar-refractivity contribution in [2.75, 3.05) is 18.4 Å². The number of amides is 2. The lowest BCUT2D eigenvalue weighted by Crippen LogP contribution is -2.41. The average molecular weight is 540 g/mol. The molecule has 4 rings (SSSR count). The molecule has 2 aromatic rings. The van der Waals surface area contributed by atoms with Gasteiger partial charge < -0.3 is 20.6 Å². The number of pyridine rings is 1. The molecule has 1 aliphatic carbocycles. The molecule has 3 N–H and O–H groups in total. The SMILES string of the molecule is CC1CCCN1C(=O)c1nc(C(=O)NCC(C)(C)O)sc1-c1cnc(NC2(C)CCC2)cc1C(F)(F)F. The molecule has 0 spiro atoms. The van der Waals surface area contributed by atoms with Gasteiger partial charge >= 0.3 is 6.18 Å². The minimum absolute atomic E-state index is 0.0567. The highest BCUT2D eigenvalue weighted by Crippen LogP contribution is 2.43. The minimum Gasteiger partial charge on any atom is -0.389 e. The quantitative estimate of drug-likeness (QED) is 0.471. The summed E-state index contributed by atoms with van der Waals surface area (Å²) in [6.45, 7) is 7.19. The fourth-order valence-corrected chi connectivity index (χ4v) is 5.57. The summed E-state index contributed by atoms with van der Waals surface area (Å²) in [7, 11) is 0. The van der Waals surface area contributed by atoms with Crippen LogP contribution in [0.5, 0.6) is 0 Å². The van der Waals surface area contributed by atoms with Crippen molar-refractivity contribution in [1.82, 2.24) is 20.2 Å². The summed E-state index contributed by atoms with van der Waals surface area (Å²) in [6.07, 6.45) is 0.587. The Morgan fingerprint density at radius 2 is 1.97 bits per heavy atom. The Morgan fingerprint density at radius 1 is 1.27 bits per heavy atom. The summed E-state index contributed by atoms with van der Waals surface area (Å²) in [6, 6.07) is 0.865. The van der Waals surface area contributed by atoms with Crippen LogP contribution in [0.4, 0.5) is 19.0 Å². The molecule has 1 saturated carbocycles. The van der Waals surface area contributed by atoms with Crippen molar-refractivity contribution in [1.29, 1.82) is 0 Å². The Balaban J connectivity index is 1.78. The first kappa shape index (κ1) is 27.3. The van der Waals surface area contributed by atoms with Crippen molar-refractivity contribution >= 4 is 29.0 Å². The Labute approximate surface area is 217 Å². The van der Waals surface area contributed by atoms with Gasteiger partial charge in [-0.1, -0.05) is 0 Å². The lowest BCUT2D eigenvalue weighted by atomic mass is 9.78. The van der Waals surface area contributed by atoms with Gasteiger partial charge in [-0.2, -0.15) is 13.2 Å². The largest absolute Gasteiger partial charge is 0.417 e. The van der Waals surface area contributed by atoms with E-state index in [1.807, 2.05) is 13.8 Å². The maximum Gasteiger partial charge on any atom is 0.417 e. The van der Waals surface area contributed by atoms with Gasteiger partial charge in [-0.15, -0.1) is 11.3 Å². The lowest BCUT2D eigenvalue weighted by molar-refractivity contribution is -0.137. The lowest BCUT2D eigenvalue weighted by Gasteiger charge is -2.39. The van der Waals surface area contributed by atoms with E-state index in [2.05, 4.69) is 20.6 Å². The third kappa shape index (κ3) is 6.06. The topological polar surface area (TPSA) is 107 Å². The van der Waals surface area contributed by atoms with Crippen LogP contribution in [0, 0.1) is 0 Å². The molecule has 0 bridgehead atoms. The molecule has 0 radical (unpaired) electrons. The number of likely N-dealkylation sites (tertiary alicyclic amines) is 1. The third-order valence-electron chi connectivity index (χ3n) is 6.86. The van der Waals surface area contributed by atoms with E-state index >= 15 is 0 Å². The summed E-state index contributed by atoms with van der Waals surface area (Å²) in [5.74, 6) is -1.10. The molecule has 2 aliphatic rings. The molecule has 12 heteroatoms. The van der Waals surface area contributed by atoms with E-state index in [1.165, 1.54) is 13.8 Å². The number of anilines is 1. The van der Waals surface area contributed by atoms with Crippen molar-refractivity contribution in [2.24, 2.45) is 0 Å². The third-order valence-corrected chi connectivity index (χ3v) is 7.95. The molecular formula is C25H32F3N5O3S. The molecule has 2 amide bonds. The second kappa shape index (κ2) is 9.86. The van der Waals surface area contributed by atoms with Gasteiger partial charge in [0.2, 0.25) is 0 Å². The van der Waals surface area contributed by atoms with Crippen molar-refractivity contribution in [3.8, 4) is 10.4 Å². The highest BCUT2D eigenvalue weighted by Gasteiger charge is 2.39. The molecule has 0 aromatic carbocycles. The van der Waals surface area contributed by atoms with Crippen LogP contribution in [0.1, 0.15) is 85.7 Å². The van der Waals surface area contributed by atoms with Crippen LogP contribution in [0.3, 0.4) is 0 Å². The number of halogens is 3. The molecule has 37 heavy (non-hydrogen) atoms. The zero-order valence-corrected chi connectivity index (χ0v) is 22.1. The number of carbonyl (C=O) groups excluding carboxylic acids is 2. The van der Waals surface area contributed by atoms with Gasteiger partial charge in [0.15, 0.2) is 5.01 Å². The number of thiazole rings is 1. The van der Waals surface area contributed by atoms with Crippen LogP contribution in [-0.2, 0) is 6.18 Å². The Hall–Kier alpha value is -2.73. The highest BCUT2D eigenvalue weighted by molar-refractivity contribution is 7.17. The average Bonchev–Trinajstić information content (AvgIpc) is 3.41. The van der Waals surface area contributed by atoms with Crippen molar-refractivity contribution in [3.05, 3.63) is 28.5 Å².